The van der Waals surface area contributed by atoms with Crippen molar-refractivity contribution in [1.29, 1.82) is 5.26 Å². The van der Waals surface area contributed by atoms with Crippen molar-refractivity contribution in [2.45, 2.75) is 18.9 Å². The third kappa shape index (κ3) is 3.78. The molecule has 0 radical (unpaired) electrons. The number of fused-ring (bicyclic) bond motifs is 1. The molecule has 3 rings (SSSR count). The quantitative estimate of drug-likeness (QED) is 0.638. The summed E-state index contributed by atoms with van der Waals surface area (Å²) in [4.78, 5) is 28.0. The fourth-order valence-corrected chi connectivity index (χ4v) is 3.24. The van der Waals surface area contributed by atoms with E-state index in [0.717, 1.165) is 11.8 Å². The summed E-state index contributed by atoms with van der Waals surface area (Å²) in [6, 6.07) is 8.68. The number of thioether (sulfide) groups is 1. The average molecular weight is 369 g/mol. The fourth-order valence-electron chi connectivity index (χ4n) is 2.44. The summed E-state index contributed by atoms with van der Waals surface area (Å²) in [6.07, 6.45) is 0. The minimum Gasteiger partial charge on any atom is -0.454 e. The van der Waals surface area contributed by atoms with Crippen molar-refractivity contribution in [3.05, 3.63) is 41.1 Å². The molecule has 1 amide bonds. The topological polar surface area (TPSA) is 101 Å². The number of nitrogens with zero attached hydrogens (tertiary/aromatic N) is 2. The summed E-state index contributed by atoms with van der Waals surface area (Å²) in [5.41, 5.74) is 1.82. The molecule has 0 bridgehead atoms. The van der Waals surface area contributed by atoms with Gasteiger partial charge in [0.25, 0.3) is 0 Å². The second kappa shape index (κ2) is 7.45. The SMILES string of the molecule is CC(=O)c1cc(C#N)c(SCC(=O)Nc2ccc3c(c2)OCO3)nc1C. The van der Waals surface area contributed by atoms with Crippen LogP contribution in [0.15, 0.2) is 29.3 Å². The molecule has 1 aliphatic rings. The maximum Gasteiger partial charge on any atom is 0.234 e. The highest BCUT2D eigenvalue weighted by molar-refractivity contribution is 8.00. The van der Waals surface area contributed by atoms with E-state index >= 15 is 0 Å². The molecular weight excluding hydrogens is 354 g/mol. The highest BCUT2D eigenvalue weighted by Crippen LogP contribution is 2.34. The van der Waals surface area contributed by atoms with Crippen LogP contribution in [0.3, 0.4) is 0 Å². The van der Waals surface area contributed by atoms with Crippen molar-refractivity contribution in [2.24, 2.45) is 0 Å². The largest absolute Gasteiger partial charge is 0.454 e. The van der Waals surface area contributed by atoms with Crippen LogP contribution in [0.2, 0.25) is 0 Å². The van der Waals surface area contributed by atoms with Crippen LogP contribution in [0.4, 0.5) is 5.69 Å². The molecular formula is C18H15N3O4S. The molecule has 0 spiro atoms. The van der Waals surface area contributed by atoms with E-state index in [-0.39, 0.29) is 29.8 Å². The number of hydrogen-bond acceptors (Lipinski definition) is 7. The Morgan fingerprint density at radius 2 is 2.08 bits per heavy atom. The number of amides is 1. The first-order valence-electron chi connectivity index (χ1n) is 7.73. The maximum absolute atomic E-state index is 12.2. The summed E-state index contributed by atoms with van der Waals surface area (Å²) < 4.78 is 10.5. The number of pyridine rings is 1. The van der Waals surface area contributed by atoms with Gasteiger partial charge < -0.3 is 14.8 Å². The van der Waals surface area contributed by atoms with Crippen LogP contribution in [0.5, 0.6) is 11.5 Å². The Morgan fingerprint density at radius 3 is 2.81 bits per heavy atom. The Morgan fingerprint density at radius 1 is 1.31 bits per heavy atom. The van der Waals surface area contributed by atoms with Gasteiger partial charge in [0.15, 0.2) is 17.3 Å². The van der Waals surface area contributed by atoms with E-state index in [1.54, 1.807) is 25.1 Å². The van der Waals surface area contributed by atoms with Gasteiger partial charge in [-0.1, -0.05) is 11.8 Å². The molecule has 7 nitrogen and oxygen atoms in total. The predicted molar refractivity (Wildman–Crippen MR) is 95.6 cm³/mol. The van der Waals surface area contributed by atoms with Crippen LogP contribution >= 0.6 is 11.8 Å². The third-order valence-electron chi connectivity index (χ3n) is 3.67. The molecule has 2 heterocycles. The molecule has 1 N–H and O–H groups in total. The minimum absolute atomic E-state index is 0.0784. The predicted octanol–water partition coefficient (Wildman–Crippen LogP) is 2.92. The number of aromatic nitrogens is 1. The first kappa shape index (κ1) is 17.8. The van der Waals surface area contributed by atoms with Crippen LogP contribution in [0.1, 0.15) is 28.5 Å². The summed E-state index contributed by atoms with van der Waals surface area (Å²) in [7, 11) is 0. The average Bonchev–Trinajstić information content (AvgIpc) is 3.07. The number of ether oxygens (including phenoxy) is 2. The van der Waals surface area contributed by atoms with Crippen molar-refractivity contribution < 1.29 is 19.1 Å². The number of carbonyl (C=O) groups is 2. The van der Waals surface area contributed by atoms with Gasteiger partial charge in [0, 0.05) is 23.0 Å². The van der Waals surface area contributed by atoms with Gasteiger partial charge in [-0.2, -0.15) is 5.26 Å². The smallest absolute Gasteiger partial charge is 0.234 e. The Labute approximate surface area is 154 Å². The van der Waals surface area contributed by atoms with E-state index in [0.29, 0.717) is 33.5 Å². The zero-order valence-corrected chi connectivity index (χ0v) is 15.0. The number of aryl methyl sites for hydroxylation is 1. The number of Topliss-reactive ketones (excluding diaryl/α,β-unsaturated/α-hetero) is 1. The monoisotopic (exact) mass is 369 g/mol. The van der Waals surface area contributed by atoms with Crippen LogP contribution in [-0.4, -0.2) is 29.2 Å². The fraction of sp³-hybridized carbons (Fsp3) is 0.222. The Balaban J connectivity index is 1.67. The van der Waals surface area contributed by atoms with Crippen molar-refractivity contribution in [1.82, 2.24) is 4.98 Å². The lowest BCUT2D eigenvalue weighted by molar-refractivity contribution is -0.113. The normalized spacial score (nSPS) is 11.7. The van der Waals surface area contributed by atoms with Crippen molar-refractivity contribution in [3.8, 4) is 17.6 Å². The van der Waals surface area contributed by atoms with Gasteiger partial charge in [0.05, 0.1) is 11.3 Å². The number of nitrogens with one attached hydrogen (secondary N) is 1. The van der Waals surface area contributed by atoms with E-state index in [9.17, 15) is 14.9 Å². The molecule has 132 valence electrons. The van der Waals surface area contributed by atoms with E-state index < -0.39 is 0 Å². The Kier molecular flexibility index (Phi) is 5.09. The summed E-state index contributed by atoms with van der Waals surface area (Å²) in [5, 5.41) is 12.5. The molecule has 0 atom stereocenters. The molecule has 26 heavy (non-hydrogen) atoms. The molecule has 0 saturated carbocycles. The minimum atomic E-state index is -0.243. The van der Waals surface area contributed by atoms with Crippen LogP contribution in [0.25, 0.3) is 0 Å². The highest BCUT2D eigenvalue weighted by Gasteiger charge is 2.16. The van der Waals surface area contributed by atoms with Crippen molar-refractivity contribution >= 4 is 29.1 Å². The van der Waals surface area contributed by atoms with Crippen molar-refractivity contribution in [3.63, 3.8) is 0 Å². The van der Waals surface area contributed by atoms with Gasteiger partial charge in [0.1, 0.15) is 11.1 Å². The van der Waals surface area contributed by atoms with E-state index in [4.69, 9.17) is 9.47 Å². The lowest BCUT2D eigenvalue weighted by atomic mass is 10.1. The Hall–Kier alpha value is -3.05. The molecule has 0 saturated heterocycles. The Bertz CT molecular complexity index is 937. The highest BCUT2D eigenvalue weighted by atomic mass is 32.2. The molecule has 8 heteroatoms. The van der Waals surface area contributed by atoms with Gasteiger partial charge in [-0.05, 0) is 32.0 Å². The summed E-state index contributed by atoms with van der Waals surface area (Å²) >= 11 is 1.15. The number of nitriles is 1. The summed E-state index contributed by atoms with van der Waals surface area (Å²) in [5.74, 6) is 0.909. The lowest BCUT2D eigenvalue weighted by Crippen LogP contribution is -2.14. The van der Waals surface area contributed by atoms with Crippen LogP contribution < -0.4 is 14.8 Å². The van der Waals surface area contributed by atoms with Gasteiger partial charge in [-0.15, -0.1) is 0 Å². The number of benzene rings is 1. The van der Waals surface area contributed by atoms with Crippen LogP contribution in [0, 0.1) is 18.3 Å². The molecule has 1 aromatic carbocycles. The van der Waals surface area contributed by atoms with E-state index in [2.05, 4.69) is 10.3 Å². The number of ketones is 1. The molecule has 1 aromatic heterocycles. The molecule has 0 fully saturated rings. The first-order valence-corrected chi connectivity index (χ1v) is 8.71. The number of anilines is 1. The first-order chi connectivity index (χ1) is 12.5. The van der Waals surface area contributed by atoms with Crippen molar-refractivity contribution in [2.75, 3.05) is 17.9 Å². The van der Waals surface area contributed by atoms with Gasteiger partial charge >= 0.3 is 0 Å². The third-order valence-corrected chi connectivity index (χ3v) is 4.67. The lowest BCUT2D eigenvalue weighted by Gasteiger charge is -2.09. The molecule has 0 unspecified atom stereocenters. The van der Waals surface area contributed by atoms with Crippen LogP contribution in [-0.2, 0) is 4.79 Å². The van der Waals surface area contributed by atoms with Gasteiger partial charge in [-0.25, -0.2) is 4.98 Å². The van der Waals surface area contributed by atoms with E-state index in [1.807, 2.05) is 6.07 Å². The second-order valence-corrected chi connectivity index (χ2v) is 6.51. The number of carbonyl (C=O) groups excluding carboxylic acids is 2. The molecule has 1 aliphatic heterocycles. The zero-order chi connectivity index (χ0) is 18.7. The number of rotatable bonds is 5. The molecule has 2 aromatic rings. The standard InChI is InChI=1S/C18H15N3O4S/c1-10-14(11(2)22)5-12(7-19)18(20-10)26-8-17(23)21-13-3-4-15-16(6-13)25-9-24-15/h3-6H,8-9H2,1-2H3,(H,21,23). The number of hydrogen-bond donors (Lipinski definition) is 1. The van der Waals surface area contributed by atoms with E-state index in [1.165, 1.54) is 13.0 Å². The van der Waals surface area contributed by atoms with Gasteiger partial charge in [0.2, 0.25) is 12.7 Å². The second-order valence-electron chi connectivity index (χ2n) is 5.55. The maximum atomic E-state index is 12.2. The molecule has 0 aliphatic carbocycles. The van der Waals surface area contributed by atoms with Gasteiger partial charge in [-0.3, -0.25) is 9.59 Å². The summed E-state index contributed by atoms with van der Waals surface area (Å²) in [6.45, 7) is 3.30. The zero-order valence-electron chi connectivity index (χ0n) is 14.2.